The Bertz CT molecular complexity index is 265. The first-order valence-electron chi connectivity index (χ1n) is 5.46. The first-order chi connectivity index (χ1) is 6.82. The van der Waals surface area contributed by atoms with Gasteiger partial charge in [-0.15, -0.1) is 0 Å². The third kappa shape index (κ3) is 2.98. The maximum Gasteiger partial charge on any atom is 0.137 e. The van der Waals surface area contributed by atoms with E-state index in [1.807, 2.05) is 0 Å². The van der Waals surface area contributed by atoms with E-state index in [2.05, 4.69) is 27.4 Å². The molecule has 1 aliphatic rings. The van der Waals surface area contributed by atoms with Crippen LogP contribution in [0.15, 0.2) is 12.2 Å². The summed E-state index contributed by atoms with van der Waals surface area (Å²) in [4.78, 5) is 12.5. The van der Waals surface area contributed by atoms with E-state index in [0.717, 1.165) is 24.8 Å². The van der Waals surface area contributed by atoms with Gasteiger partial charge in [0.1, 0.15) is 6.09 Å². The van der Waals surface area contributed by atoms with Crippen molar-refractivity contribution >= 4 is 6.09 Å². The predicted molar refractivity (Wildman–Crippen MR) is 58.3 cm³/mol. The molecule has 0 saturated carbocycles. The number of carbonyl (C=O) groups is 1. The van der Waals surface area contributed by atoms with Gasteiger partial charge in [-0.3, -0.25) is 0 Å². The van der Waals surface area contributed by atoms with E-state index in [1.54, 1.807) is 0 Å². The molecular formula is C12H20NO2-. The molecule has 0 bridgehead atoms. The van der Waals surface area contributed by atoms with E-state index in [4.69, 9.17) is 0 Å². The van der Waals surface area contributed by atoms with Crippen molar-refractivity contribution in [3.05, 3.63) is 12.2 Å². The van der Waals surface area contributed by atoms with Crippen molar-refractivity contribution in [3.63, 3.8) is 0 Å². The van der Waals surface area contributed by atoms with Crippen molar-refractivity contribution in [2.75, 3.05) is 6.54 Å². The highest BCUT2D eigenvalue weighted by atomic mass is 16.4. The minimum Gasteiger partial charge on any atom is -0.530 e. The van der Waals surface area contributed by atoms with Gasteiger partial charge in [-0.2, -0.15) is 0 Å². The summed E-state index contributed by atoms with van der Waals surface area (Å²) in [6.07, 6.45) is 1.50. The molecule has 0 aromatic heterocycles. The number of hydrogen-bond donors (Lipinski definition) is 0. The molecule has 1 unspecified atom stereocenters. The molecular weight excluding hydrogens is 190 g/mol. The molecule has 3 nitrogen and oxygen atoms in total. The molecule has 15 heavy (non-hydrogen) atoms. The van der Waals surface area contributed by atoms with Gasteiger partial charge in [-0.05, 0) is 24.7 Å². The zero-order valence-electron chi connectivity index (χ0n) is 9.88. The number of hydrogen-bond acceptors (Lipinski definition) is 2. The van der Waals surface area contributed by atoms with Crippen LogP contribution in [0, 0.1) is 5.41 Å². The molecule has 0 N–H and O–H groups in total. The molecule has 0 spiro atoms. The van der Waals surface area contributed by atoms with Gasteiger partial charge in [0.05, 0.1) is 0 Å². The molecule has 1 saturated heterocycles. The zero-order chi connectivity index (χ0) is 11.6. The largest absolute Gasteiger partial charge is 0.530 e. The molecule has 1 rings (SSSR count). The van der Waals surface area contributed by atoms with Gasteiger partial charge in [-0.1, -0.05) is 32.9 Å². The van der Waals surface area contributed by atoms with Crippen molar-refractivity contribution in [1.29, 1.82) is 0 Å². The normalized spacial score (nSPS) is 23.8. The monoisotopic (exact) mass is 210 g/mol. The third-order valence-electron chi connectivity index (χ3n) is 3.02. The highest BCUT2D eigenvalue weighted by Crippen LogP contribution is 2.32. The van der Waals surface area contributed by atoms with Gasteiger partial charge < -0.3 is 14.8 Å². The van der Waals surface area contributed by atoms with E-state index < -0.39 is 6.09 Å². The lowest BCUT2D eigenvalue weighted by atomic mass is 9.82. The van der Waals surface area contributed by atoms with Crippen LogP contribution < -0.4 is 5.11 Å². The second kappa shape index (κ2) is 4.25. The van der Waals surface area contributed by atoms with Gasteiger partial charge in [0.25, 0.3) is 0 Å². The average Bonchev–Trinajstić information content (AvgIpc) is 2.25. The number of nitrogens with zero attached hydrogens (tertiary/aromatic N) is 1. The number of amides is 1. The SMILES string of the molecule is C=C1CCCN(C(=O)[O-])C(C(C)(C)C)C1. The smallest absolute Gasteiger partial charge is 0.137 e. The second-order valence-corrected chi connectivity index (χ2v) is 5.40. The molecule has 1 fully saturated rings. The number of likely N-dealkylation sites (tertiary alicyclic amines) is 1. The highest BCUT2D eigenvalue weighted by Gasteiger charge is 2.32. The topological polar surface area (TPSA) is 43.4 Å². The fourth-order valence-electron chi connectivity index (χ4n) is 2.13. The Labute approximate surface area is 91.8 Å². The van der Waals surface area contributed by atoms with Crippen LogP contribution in [-0.4, -0.2) is 23.6 Å². The Morgan fingerprint density at radius 2 is 2.13 bits per heavy atom. The standard InChI is InChI=1S/C12H21NO2/c1-9-6-5-7-13(11(14)15)10(8-9)12(2,3)4/h10H,1,5-8H2,2-4H3,(H,14,15)/p-1. The molecule has 0 radical (unpaired) electrons. The number of carbonyl (C=O) groups excluding carboxylic acids is 1. The Hall–Kier alpha value is -0.990. The molecule has 1 heterocycles. The summed E-state index contributed by atoms with van der Waals surface area (Å²) in [5.74, 6) is 0. The number of rotatable bonds is 0. The van der Waals surface area contributed by atoms with Crippen LogP contribution >= 0.6 is 0 Å². The van der Waals surface area contributed by atoms with E-state index >= 15 is 0 Å². The summed E-state index contributed by atoms with van der Waals surface area (Å²) in [5, 5.41) is 11.1. The zero-order valence-corrected chi connectivity index (χ0v) is 9.88. The van der Waals surface area contributed by atoms with Crippen molar-refractivity contribution in [1.82, 2.24) is 4.90 Å². The van der Waals surface area contributed by atoms with Crippen LogP contribution in [0.2, 0.25) is 0 Å². The molecule has 86 valence electrons. The fraction of sp³-hybridized carbons (Fsp3) is 0.750. The lowest BCUT2D eigenvalue weighted by Gasteiger charge is -2.40. The quantitative estimate of drug-likeness (QED) is 0.572. The fourth-order valence-corrected chi connectivity index (χ4v) is 2.13. The Morgan fingerprint density at radius 3 is 2.60 bits per heavy atom. The van der Waals surface area contributed by atoms with Crippen LogP contribution in [-0.2, 0) is 0 Å². The van der Waals surface area contributed by atoms with Gasteiger partial charge >= 0.3 is 0 Å². The summed E-state index contributed by atoms with van der Waals surface area (Å²) in [6.45, 7) is 10.7. The maximum atomic E-state index is 11.1. The minimum atomic E-state index is -1.05. The Morgan fingerprint density at radius 1 is 1.53 bits per heavy atom. The van der Waals surface area contributed by atoms with E-state index in [1.165, 1.54) is 4.90 Å². The van der Waals surface area contributed by atoms with Crippen molar-refractivity contribution in [2.24, 2.45) is 5.41 Å². The second-order valence-electron chi connectivity index (χ2n) is 5.40. The van der Waals surface area contributed by atoms with Crippen LogP contribution in [0.1, 0.15) is 40.0 Å². The minimum absolute atomic E-state index is 0.00231. The lowest BCUT2D eigenvalue weighted by molar-refractivity contribution is -0.269. The predicted octanol–water partition coefficient (Wildman–Crippen LogP) is 1.79. The Kier molecular flexibility index (Phi) is 3.42. The molecule has 1 atom stereocenters. The molecule has 3 heteroatoms. The third-order valence-corrected chi connectivity index (χ3v) is 3.02. The lowest BCUT2D eigenvalue weighted by Crippen LogP contribution is -2.52. The van der Waals surface area contributed by atoms with Crippen LogP contribution in [0.25, 0.3) is 0 Å². The van der Waals surface area contributed by atoms with E-state index in [0.29, 0.717) is 6.54 Å². The highest BCUT2D eigenvalue weighted by molar-refractivity contribution is 5.63. The summed E-state index contributed by atoms with van der Waals surface area (Å²) in [5.41, 5.74) is 1.09. The van der Waals surface area contributed by atoms with Crippen LogP contribution in [0.3, 0.4) is 0 Å². The van der Waals surface area contributed by atoms with Gasteiger partial charge in [0.2, 0.25) is 0 Å². The number of carboxylic acid groups (broad SMARTS) is 1. The maximum absolute atomic E-state index is 11.1. The average molecular weight is 210 g/mol. The van der Waals surface area contributed by atoms with E-state index in [-0.39, 0.29) is 11.5 Å². The van der Waals surface area contributed by atoms with Crippen LogP contribution in [0.5, 0.6) is 0 Å². The molecule has 1 amide bonds. The first kappa shape index (κ1) is 12.1. The Balaban J connectivity index is 2.91. The van der Waals surface area contributed by atoms with E-state index in [9.17, 15) is 9.90 Å². The van der Waals surface area contributed by atoms with Crippen LogP contribution in [0.4, 0.5) is 4.79 Å². The summed E-state index contributed by atoms with van der Waals surface area (Å²) in [6, 6.07) is -0.00231. The van der Waals surface area contributed by atoms with Gasteiger partial charge in [-0.25, -0.2) is 0 Å². The van der Waals surface area contributed by atoms with Crippen molar-refractivity contribution in [2.45, 2.75) is 46.1 Å². The molecule has 1 aliphatic heterocycles. The van der Waals surface area contributed by atoms with Crippen molar-refractivity contribution < 1.29 is 9.90 Å². The summed E-state index contributed by atoms with van der Waals surface area (Å²) < 4.78 is 0. The molecule has 0 aromatic rings. The van der Waals surface area contributed by atoms with Crippen molar-refractivity contribution in [3.8, 4) is 0 Å². The summed E-state index contributed by atoms with van der Waals surface area (Å²) >= 11 is 0. The first-order valence-corrected chi connectivity index (χ1v) is 5.46. The van der Waals surface area contributed by atoms with Gasteiger partial charge in [0.15, 0.2) is 0 Å². The summed E-state index contributed by atoms with van der Waals surface area (Å²) in [7, 11) is 0. The van der Waals surface area contributed by atoms with Gasteiger partial charge in [0, 0.05) is 12.6 Å². The molecule has 0 aromatic carbocycles. The molecule has 0 aliphatic carbocycles.